The molecule has 0 aliphatic carbocycles. The number of nitrogens with one attached hydrogen (secondary N) is 2. The van der Waals surface area contributed by atoms with E-state index < -0.39 is 0 Å². The van der Waals surface area contributed by atoms with Crippen molar-refractivity contribution < 1.29 is 4.74 Å². The number of methoxy groups -OCH3 is 1. The van der Waals surface area contributed by atoms with Gasteiger partial charge in [0.2, 0.25) is 0 Å². The van der Waals surface area contributed by atoms with Crippen LogP contribution in [0.2, 0.25) is 0 Å². The molecule has 28 heavy (non-hydrogen) atoms. The molecule has 152 valence electrons. The summed E-state index contributed by atoms with van der Waals surface area (Å²) in [5.41, 5.74) is 1.21. The first-order chi connectivity index (χ1) is 13.6. The van der Waals surface area contributed by atoms with Crippen molar-refractivity contribution in [2.24, 2.45) is 4.99 Å². The molecule has 0 radical (unpaired) electrons. The highest BCUT2D eigenvalue weighted by Crippen LogP contribution is 2.14. The lowest BCUT2D eigenvalue weighted by Crippen LogP contribution is -2.50. The van der Waals surface area contributed by atoms with E-state index in [0.717, 1.165) is 43.5 Å². The van der Waals surface area contributed by atoms with Crippen molar-refractivity contribution in [3.05, 3.63) is 42.0 Å². The second-order valence-corrected chi connectivity index (χ2v) is 7.19. The Balaban J connectivity index is 1.50. The Bertz CT molecular complexity index is 774. The molecule has 0 bridgehead atoms. The van der Waals surface area contributed by atoms with Gasteiger partial charge in [0.05, 0.1) is 6.54 Å². The van der Waals surface area contributed by atoms with E-state index in [1.165, 1.54) is 5.69 Å². The molecule has 1 aromatic carbocycles. The fraction of sp³-hybridized carbons (Fsp3) is 0.550. The van der Waals surface area contributed by atoms with Gasteiger partial charge in [0, 0.05) is 51.9 Å². The Morgan fingerprint density at radius 3 is 2.89 bits per heavy atom. The van der Waals surface area contributed by atoms with Crippen LogP contribution >= 0.6 is 0 Å². The normalized spacial score (nSPS) is 17.7. The summed E-state index contributed by atoms with van der Waals surface area (Å²) in [7, 11) is 5.58. The van der Waals surface area contributed by atoms with Crippen LogP contribution in [0.1, 0.15) is 25.0 Å². The van der Waals surface area contributed by atoms with Crippen molar-refractivity contribution >= 4 is 11.6 Å². The lowest BCUT2D eigenvalue weighted by atomic mass is 10.1. The first-order valence-corrected chi connectivity index (χ1v) is 9.77. The van der Waals surface area contributed by atoms with Crippen molar-refractivity contribution in [3.8, 4) is 0 Å². The minimum absolute atomic E-state index is 0.276. The summed E-state index contributed by atoms with van der Waals surface area (Å²) < 4.78 is 7.11. The Morgan fingerprint density at radius 2 is 2.18 bits per heavy atom. The molecule has 2 N–H and O–H groups in total. The maximum Gasteiger partial charge on any atom is 0.191 e. The summed E-state index contributed by atoms with van der Waals surface area (Å²) in [6.07, 6.45) is 1.91. The SMILES string of the molecule is CN=C(NCC(C)N(C)c1ccccc1)NC1CCc2nc(COC)nn2C1. The molecule has 2 unspecified atom stereocenters. The highest BCUT2D eigenvalue weighted by atomic mass is 16.5. The van der Waals surface area contributed by atoms with Crippen LogP contribution in [0.3, 0.4) is 0 Å². The first kappa shape index (κ1) is 20.1. The van der Waals surface area contributed by atoms with Gasteiger partial charge in [-0.25, -0.2) is 9.67 Å². The molecule has 1 aliphatic rings. The molecular weight excluding hydrogens is 354 g/mol. The Kier molecular flexibility index (Phi) is 6.86. The van der Waals surface area contributed by atoms with E-state index in [-0.39, 0.29) is 6.04 Å². The van der Waals surface area contributed by atoms with Gasteiger partial charge in [-0.2, -0.15) is 5.10 Å². The topological polar surface area (TPSA) is 79.6 Å². The van der Waals surface area contributed by atoms with Crippen LogP contribution in [-0.2, 0) is 24.3 Å². The molecule has 0 spiro atoms. The Morgan fingerprint density at radius 1 is 1.39 bits per heavy atom. The van der Waals surface area contributed by atoms with E-state index in [9.17, 15) is 0 Å². The number of rotatable bonds is 7. The van der Waals surface area contributed by atoms with Crippen LogP contribution in [-0.4, -0.2) is 60.6 Å². The third kappa shape index (κ3) is 5.01. The number of benzene rings is 1. The zero-order valence-corrected chi connectivity index (χ0v) is 17.2. The zero-order chi connectivity index (χ0) is 19.9. The van der Waals surface area contributed by atoms with Crippen LogP contribution in [0.15, 0.2) is 35.3 Å². The van der Waals surface area contributed by atoms with Crippen LogP contribution < -0.4 is 15.5 Å². The zero-order valence-electron chi connectivity index (χ0n) is 17.2. The number of aromatic nitrogens is 3. The van der Waals surface area contributed by atoms with Gasteiger partial charge in [-0.3, -0.25) is 4.99 Å². The van der Waals surface area contributed by atoms with Crippen LogP contribution in [0.4, 0.5) is 5.69 Å². The minimum Gasteiger partial charge on any atom is -0.377 e. The molecule has 1 aliphatic heterocycles. The largest absolute Gasteiger partial charge is 0.377 e. The highest BCUT2D eigenvalue weighted by molar-refractivity contribution is 5.80. The number of nitrogens with zero attached hydrogens (tertiary/aromatic N) is 5. The van der Waals surface area contributed by atoms with Gasteiger partial charge in [-0.05, 0) is 25.5 Å². The number of anilines is 1. The number of fused-ring (bicyclic) bond motifs is 1. The van der Waals surface area contributed by atoms with Crippen molar-refractivity contribution in [1.29, 1.82) is 0 Å². The van der Waals surface area contributed by atoms with E-state index >= 15 is 0 Å². The summed E-state index contributed by atoms with van der Waals surface area (Å²) in [5.74, 6) is 2.60. The number of ether oxygens (including phenoxy) is 1. The van der Waals surface area contributed by atoms with E-state index in [1.807, 2.05) is 10.7 Å². The van der Waals surface area contributed by atoms with E-state index in [1.54, 1.807) is 14.2 Å². The summed E-state index contributed by atoms with van der Waals surface area (Å²) in [4.78, 5) is 11.2. The van der Waals surface area contributed by atoms with Crippen molar-refractivity contribution in [2.75, 3.05) is 32.6 Å². The number of hydrogen-bond acceptors (Lipinski definition) is 5. The summed E-state index contributed by atoms with van der Waals surface area (Å²) in [6.45, 7) is 4.23. The molecule has 0 fully saturated rings. The number of likely N-dealkylation sites (N-methyl/N-ethyl adjacent to an activating group) is 1. The molecule has 3 rings (SSSR count). The monoisotopic (exact) mass is 385 g/mol. The molecule has 8 heteroatoms. The van der Waals surface area contributed by atoms with Gasteiger partial charge >= 0.3 is 0 Å². The van der Waals surface area contributed by atoms with Gasteiger partial charge in [-0.1, -0.05) is 18.2 Å². The molecule has 1 aromatic heterocycles. The third-order valence-electron chi connectivity index (χ3n) is 5.13. The molecule has 8 nitrogen and oxygen atoms in total. The summed E-state index contributed by atoms with van der Waals surface area (Å²) >= 11 is 0. The van der Waals surface area contributed by atoms with Gasteiger partial charge in [0.25, 0.3) is 0 Å². The van der Waals surface area contributed by atoms with Crippen LogP contribution in [0.25, 0.3) is 0 Å². The first-order valence-electron chi connectivity index (χ1n) is 9.77. The Hall–Kier alpha value is -2.61. The van der Waals surface area contributed by atoms with Crippen LogP contribution in [0.5, 0.6) is 0 Å². The maximum absolute atomic E-state index is 5.13. The molecule has 0 amide bonds. The lowest BCUT2D eigenvalue weighted by molar-refractivity contribution is 0.177. The number of aliphatic imine (C=N–C) groups is 1. The predicted octanol–water partition coefficient (Wildman–Crippen LogP) is 1.43. The predicted molar refractivity (Wildman–Crippen MR) is 112 cm³/mol. The van der Waals surface area contributed by atoms with E-state index in [4.69, 9.17) is 4.74 Å². The third-order valence-corrected chi connectivity index (χ3v) is 5.13. The van der Waals surface area contributed by atoms with Gasteiger partial charge in [-0.15, -0.1) is 0 Å². The number of guanidine groups is 1. The minimum atomic E-state index is 0.276. The van der Waals surface area contributed by atoms with Gasteiger partial charge < -0.3 is 20.3 Å². The standard InChI is InChI=1S/C20H31N7O/c1-15(26(3)17-8-6-5-7-9-17)12-22-20(21-2)23-16-10-11-19-24-18(14-28-4)25-27(19)13-16/h5-9,15-16H,10-14H2,1-4H3,(H2,21,22,23). The smallest absolute Gasteiger partial charge is 0.191 e. The summed E-state index contributed by atoms with van der Waals surface area (Å²) in [6, 6.07) is 11.0. The quantitative estimate of drug-likeness (QED) is 0.554. The Labute approximate surface area is 167 Å². The van der Waals surface area contributed by atoms with Gasteiger partial charge in [0.15, 0.2) is 11.8 Å². The van der Waals surface area contributed by atoms with Gasteiger partial charge in [0.1, 0.15) is 12.4 Å². The second-order valence-electron chi connectivity index (χ2n) is 7.19. The number of aryl methyl sites for hydroxylation is 1. The molecule has 0 saturated heterocycles. The van der Waals surface area contributed by atoms with Crippen molar-refractivity contribution in [3.63, 3.8) is 0 Å². The average molecular weight is 386 g/mol. The molecule has 2 atom stereocenters. The highest BCUT2D eigenvalue weighted by Gasteiger charge is 2.22. The molecule has 2 aromatic rings. The number of para-hydroxylation sites is 1. The fourth-order valence-corrected chi connectivity index (χ4v) is 3.36. The molecule has 0 saturated carbocycles. The van der Waals surface area contributed by atoms with E-state index in [0.29, 0.717) is 12.6 Å². The van der Waals surface area contributed by atoms with Crippen molar-refractivity contribution in [2.45, 2.75) is 45.0 Å². The molecular formula is C20H31N7O. The van der Waals surface area contributed by atoms with Crippen molar-refractivity contribution in [1.82, 2.24) is 25.4 Å². The average Bonchev–Trinajstić information content (AvgIpc) is 3.12. The maximum atomic E-state index is 5.13. The lowest BCUT2D eigenvalue weighted by Gasteiger charge is -2.29. The second kappa shape index (κ2) is 9.54. The summed E-state index contributed by atoms with van der Waals surface area (Å²) in [5, 5.41) is 11.5. The van der Waals surface area contributed by atoms with E-state index in [2.05, 4.69) is 68.8 Å². The van der Waals surface area contributed by atoms with Crippen LogP contribution in [0, 0.1) is 0 Å². The fourth-order valence-electron chi connectivity index (χ4n) is 3.36. The number of hydrogen-bond donors (Lipinski definition) is 2. The molecule has 2 heterocycles.